The number of thioether (sulfide) groups is 1. The molecule has 33 heavy (non-hydrogen) atoms. The van der Waals surface area contributed by atoms with E-state index in [2.05, 4.69) is 5.32 Å². The molecular weight excluding hydrogens is 456 g/mol. The van der Waals surface area contributed by atoms with Gasteiger partial charge in [0.05, 0.1) is 58.1 Å². The first-order valence-electron chi connectivity index (χ1n) is 11.0. The molecular formula is C21H34N2O9S. The largest absolute Gasteiger partial charge is 0.379 e. The van der Waals surface area contributed by atoms with E-state index in [0.29, 0.717) is 77.9 Å². The molecule has 1 N–H and O–H groups in total. The van der Waals surface area contributed by atoms with Crippen LogP contribution in [0, 0.1) is 0 Å². The van der Waals surface area contributed by atoms with Crippen LogP contribution < -0.4 is 5.32 Å². The van der Waals surface area contributed by atoms with E-state index < -0.39 is 5.25 Å². The summed E-state index contributed by atoms with van der Waals surface area (Å²) >= 11 is 1.29. The molecule has 0 radical (unpaired) electrons. The molecule has 1 saturated heterocycles. The summed E-state index contributed by atoms with van der Waals surface area (Å²) in [5.41, 5.74) is 0. The molecule has 0 aromatic rings. The van der Waals surface area contributed by atoms with Crippen LogP contribution in [0.1, 0.15) is 25.7 Å². The Hall–Kier alpha value is -1.86. The van der Waals surface area contributed by atoms with Crippen LogP contribution >= 0.6 is 11.8 Å². The van der Waals surface area contributed by atoms with Gasteiger partial charge in [0.2, 0.25) is 17.7 Å². The van der Waals surface area contributed by atoms with Gasteiger partial charge in [-0.3, -0.25) is 19.3 Å². The minimum absolute atomic E-state index is 0.114. The summed E-state index contributed by atoms with van der Waals surface area (Å²) in [6.45, 7) is 3.87. The lowest BCUT2D eigenvalue weighted by molar-refractivity contribution is -0.138. The number of carbonyl (C=O) groups is 5. The fraction of sp³-hybridized carbons (Fsp3) is 0.762. The number of carbonyl (C=O) groups excluding carboxylic acids is 5. The van der Waals surface area contributed by atoms with Crippen molar-refractivity contribution in [3.8, 4) is 0 Å². The number of nitrogens with one attached hydrogen (secondary N) is 1. The Morgan fingerprint density at radius 3 is 2.09 bits per heavy atom. The quantitative estimate of drug-likeness (QED) is 0.121. The molecule has 0 aromatic carbocycles. The highest BCUT2D eigenvalue weighted by Crippen LogP contribution is 2.25. The number of amides is 3. The third-order valence-electron chi connectivity index (χ3n) is 4.39. The van der Waals surface area contributed by atoms with Crippen molar-refractivity contribution in [3.63, 3.8) is 0 Å². The van der Waals surface area contributed by atoms with Crippen molar-refractivity contribution >= 4 is 42.1 Å². The second-order valence-electron chi connectivity index (χ2n) is 6.91. The number of ether oxygens (including phenoxy) is 4. The van der Waals surface area contributed by atoms with E-state index in [1.807, 2.05) is 0 Å². The normalized spacial score (nSPS) is 15.8. The number of hydrogen-bond donors (Lipinski definition) is 1. The summed E-state index contributed by atoms with van der Waals surface area (Å²) in [5.74, 6) is -0.271. The summed E-state index contributed by atoms with van der Waals surface area (Å²) in [6, 6.07) is 0. The first kappa shape index (κ1) is 29.2. The lowest BCUT2D eigenvalue weighted by atomic mass is 10.3. The SMILES string of the molecule is O=CCCOCCOCCOCCOCCNC(=O)CCSC1CC(=O)N(CCC=O)C1=O. The molecule has 1 unspecified atom stereocenters. The van der Waals surface area contributed by atoms with Gasteiger partial charge in [-0.1, -0.05) is 0 Å². The molecule has 0 bridgehead atoms. The van der Waals surface area contributed by atoms with E-state index in [0.717, 1.165) is 11.2 Å². The van der Waals surface area contributed by atoms with E-state index in [1.54, 1.807) is 0 Å². The number of nitrogens with zero attached hydrogens (tertiary/aromatic N) is 1. The maximum absolute atomic E-state index is 12.1. The van der Waals surface area contributed by atoms with Gasteiger partial charge in [-0.05, 0) is 0 Å². The number of aldehydes is 2. The summed E-state index contributed by atoms with van der Waals surface area (Å²) in [6.07, 6.45) is 2.37. The lowest BCUT2D eigenvalue weighted by Gasteiger charge is -2.13. The lowest BCUT2D eigenvalue weighted by Crippen LogP contribution is -2.32. The summed E-state index contributed by atoms with van der Waals surface area (Å²) < 4.78 is 21.2. The maximum Gasteiger partial charge on any atom is 0.242 e. The van der Waals surface area contributed by atoms with Gasteiger partial charge in [0.15, 0.2) is 0 Å². The molecule has 1 fully saturated rings. The number of hydrogen-bond acceptors (Lipinski definition) is 10. The van der Waals surface area contributed by atoms with Crippen molar-refractivity contribution < 1.29 is 42.9 Å². The van der Waals surface area contributed by atoms with Crippen LogP contribution in [-0.2, 0) is 42.9 Å². The fourth-order valence-corrected chi connectivity index (χ4v) is 3.86. The average molecular weight is 491 g/mol. The zero-order valence-electron chi connectivity index (χ0n) is 18.9. The van der Waals surface area contributed by atoms with E-state index in [-0.39, 0.29) is 43.5 Å². The minimum atomic E-state index is -0.479. The van der Waals surface area contributed by atoms with Crippen molar-refractivity contribution in [3.05, 3.63) is 0 Å². The molecule has 1 atom stereocenters. The van der Waals surface area contributed by atoms with Gasteiger partial charge in [-0.2, -0.15) is 0 Å². The minimum Gasteiger partial charge on any atom is -0.379 e. The van der Waals surface area contributed by atoms with Gasteiger partial charge in [-0.25, -0.2) is 0 Å². The van der Waals surface area contributed by atoms with Gasteiger partial charge in [0.25, 0.3) is 0 Å². The van der Waals surface area contributed by atoms with Crippen LogP contribution in [0.25, 0.3) is 0 Å². The van der Waals surface area contributed by atoms with Crippen molar-refractivity contribution in [1.29, 1.82) is 0 Å². The van der Waals surface area contributed by atoms with Crippen molar-refractivity contribution in [2.24, 2.45) is 0 Å². The van der Waals surface area contributed by atoms with Crippen LogP contribution in [-0.4, -0.2) is 112 Å². The molecule has 1 aliphatic heterocycles. The van der Waals surface area contributed by atoms with Crippen LogP contribution in [0.2, 0.25) is 0 Å². The van der Waals surface area contributed by atoms with Crippen LogP contribution in [0.3, 0.4) is 0 Å². The summed E-state index contributed by atoms with van der Waals surface area (Å²) in [4.78, 5) is 57.5. The first-order chi connectivity index (χ1) is 16.1. The molecule has 0 aromatic heterocycles. The van der Waals surface area contributed by atoms with Gasteiger partial charge in [0, 0.05) is 44.5 Å². The molecule has 188 valence electrons. The molecule has 0 aliphatic carbocycles. The molecule has 1 aliphatic rings. The zero-order valence-corrected chi connectivity index (χ0v) is 19.7. The molecule has 12 heteroatoms. The Balaban J connectivity index is 1.89. The van der Waals surface area contributed by atoms with E-state index in [4.69, 9.17) is 18.9 Å². The Morgan fingerprint density at radius 1 is 0.909 bits per heavy atom. The van der Waals surface area contributed by atoms with Gasteiger partial charge in [-0.15, -0.1) is 11.8 Å². The molecule has 0 saturated carbocycles. The van der Waals surface area contributed by atoms with E-state index in [1.165, 1.54) is 11.8 Å². The molecule has 0 spiro atoms. The standard InChI is InChI=1S/C21H34N2O9S/c24-6-1-5-23-20(27)17-18(21(23)28)33-16-3-19(26)22-4-9-30-11-13-32-15-14-31-12-10-29-8-2-7-25/h6-7,18H,1-5,8-17H2,(H,22,26). The Bertz CT molecular complexity index is 606. The maximum atomic E-state index is 12.1. The number of likely N-dealkylation sites (tertiary alicyclic amines) is 1. The second kappa shape index (κ2) is 19.6. The van der Waals surface area contributed by atoms with Crippen LogP contribution in [0.5, 0.6) is 0 Å². The highest BCUT2D eigenvalue weighted by atomic mass is 32.2. The topological polar surface area (TPSA) is 138 Å². The Labute approximate surface area is 198 Å². The van der Waals surface area contributed by atoms with Crippen molar-refractivity contribution in [1.82, 2.24) is 10.2 Å². The third-order valence-corrected chi connectivity index (χ3v) is 5.60. The first-order valence-corrected chi connectivity index (χ1v) is 12.1. The van der Waals surface area contributed by atoms with Gasteiger partial charge >= 0.3 is 0 Å². The predicted molar refractivity (Wildman–Crippen MR) is 120 cm³/mol. The van der Waals surface area contributed by atoms with Gasteiger partial charge < -0.3 is 33.9 Å². The second-order valence-corrected chi connectivity index (χ2v) is 8.22. The Morgan fingerprint density at radius 2 is 1.48 bits per heavy atom. The zero-order chi connectivity index (χ0) is 24.2. The van der Waals surface area contributed by atoms with E-state index >= 15 is 0 Å². The van der Waals surface area contributed by atoms with Crippen LogP contribution in [0.4, 0.5) is 0 Å². The smallest absolute Gasteiger partial charge is 0.242 e. The van der Waals surface area contributed by atoms with Crippen molar-refractivity contribution in [2.45, 2.75) is 30.9 Å². The Kier molecular flexibility index (Phi) is 17.3. The molecule has 1 rings (SSSR count). The molecule has 11 nitrogen and oxygen atoms in total. The number of rotatable bonds is 22. The summed E-state index contributed by atoms with van der Waals surface area (Å²) in [7, 11) is 0. The van der Waals surface area contributed by atoms with Crippen molar-refractivity contribution in [2.75, 3.05) is 71.7 Å². The third kappa shape index (κ3) is 14.1. The van der Waals surface area contributed by atoms with Gasteiger partial charge in [0.1, 0.15) is 12.6 Å². The predicted octanol–water partition coefficient (Wildman–Crippen LogP) is -0.402. The average Bonchev–Trinajstić information content (AvgIpc) is 3.07. The van der Waals surface area contributed by atoms with E-state index in [9.17, 15) is 24.0 Å². The monoisotopic (exact) mass is 490 g/mol. The van der Waals surface area contributed by atoms with Crippen LogP contribution in [0.15, 0.2) is 0 Å². The number of imide groups is 1. The molecule has 1 heterocycles. The molecule has 3 amide bonds. The highest BCUT2D eigenvalue weighted by molar-refractivity contribution is 8.00. The highest BCUT2D eigenvalue weighted by Gasteiger charge is 2.38. The summed E-state index contributed by atoms with van der Waals surface area (Å²) in [5, 5.41) is 2.26. The fourth-order valence-electron chi connectivity index (χ4n) is 2.74.